The summed E-state index contributed by atoms with van der Waals surface area (Å²) < 4.78 is 0. The predicted octanol–water partition coefficient (Wildman–Crippen LogP) is 3.01. The summed E-state index contributed by atoms with van der Waals surface area (Å²) in [5.41, 5.74) is 3.24. The molecule has 1 fully saturated rings. The zero-order valence-electron chi connectivity index (χ0n) is 12.2. The van der Waals surface area contributed by atoms with Gasteiger partial charge in [0, 0.05) is 6.54 Å². The molecule has 3 nitrogen and oxygen atoms in total. The lowest BCUT2D eigenvalue weighted by Gasteiger charge is -2.38. The highest BCUT2D eigenvalue weighted by molar-refractivity contribution is 5.58. The van der Waals surface area contributed by atoms with E-state index in [2.05, 4.69) is 43.2 Å². The summed E-state index contributed by atoms with van der Waals surface area (Å²) in [5, 5.41) is 12.6. The monoisotopic (exact) mass is 257 g/mol. The molecule has 1 N–H and O–H groups in total. The Hall–Kier alpha value is -1.53. The lowest BCUT2D eigenvalue weighted by molar-refractivity contribution is 0.150. The van der Waals surface area contributed by atoms with Crippen molar-refractivity contribution >= 4 is 5.69 Å². The number of aryl methyl sites for hydroxylation is 1. The molecule has 0 atom stereocenters. The molecule has 1 aliphatic rings. The molecule has 0 amide bonds. The maximum absolute atomic E-state index is 9.15. The van der Waals surface area contributed by atoms with E-state index < -0.39 is 0 Å². The van der Waals surface area contributed by atoms with Gasteiger partial charge >= 0.3 is 0 Å². The number of hydrogen-bond donors (Lipinski definition) is 1. The quantitative estimate of drug-likeness (QED) is 0.904. The van der Waals surface area contributed by atoms with Crippen molar-refractivity contribution in [3.8, 4) is 6.07 Å². The molecule has 0 unspecified atom stereocenters. The fourth-order valence-corrected chi connectivity index (χ4v) is 2.55. The van der Waals surface area contributed by atoms with E-state index in [0.29, 0.717) is 5.41 Å². The largest absolute Gasteiger partial charge is 0.383 e. The van der Waals surface area contributed by atoms with Crippen LogP contribution in [0.2, 0.25) is 0 Å². The van der Waals surface area contributed by atoms with E-state index in [1.165, 1.54) is 18.4 Å². The maximum atomic E-state index is 9.15. The molecule has 102 valence electrons. The summed E-state index contributed by atoms with van der Waals surface area (Å²) in [5.74, 6) is 0. The Balaban J connectivity index is 2.03. The van der Waals surface area contributed by atoms with Crippen LogP contribution in [-0.4, -0.2) is 31.6 Å². The molecule has 0 aliphatic carbocycles. The maximum Gasteiger partial charge on any atom is 0.101 e. The van der Waals surface area contributed by atoms with Crippen molar-refractivity contribution < 1.29 is 0 Å². The van der Waals surface area contributed by atoms with Crippen LogP contribution < -0.4 is 5.32 Å². The zero-order valence-corrected chi connectivity index (χ0v) is 12.2. The van der Waals surface area contributed by atoms with Crippen molar-refractivity contribution in [3.05, 3.63) is 29.3 Å². The summed E-state index contributed by atoms with van der Waals surface area (Å²) in [6.45, 7) is 7.67. The molecule has 19 heavy (non-hydrogen) atoms. The topological polar surface area (TPSA) is 39.1 Å². The second kappa shape index (κ2) is 5.63. The standard InChI is InChI=1S/C16H23N3/c1-13-4-5-14(11-17)15(10-13)18-12-16(2)6-8-19(3)9-7-16/h4-5,10,18H,6-9,12H2,1-3H3. The average Bonchev–Trinajstić information content (AvgIpc) is 2.41. The van der Waals surface area contributed by atoms with Crippen LogP contribution >= 0.6 is 0 Å². The lowest BCUT2D eigenvalue weighted by Crippen LogP contribution is -2.40. The van der Waals surface area contributed by atoms with Gasteiger partial charge in [-0.25, -0.2) is 0 Å². The van der Waals surface area contributed by atoms with Crippen LogP contribution in [0.25, 0.3) is 0 Å². The molecule has 0 bridgehead atoms. The van der Waals surface area contributed by atoms with Crippen molar-refractivity contribution in [1.29, 1.82) is 5.26 Å². The SMILES string of the molecule is Cc1ccc(C#N)c(NCC2(C)CCN(C)CC2)c1. The molecule has 1 aromatic rings. The molecular weight excluding hydrogens is 234 g/mol. The number of rotatable bonds is 3. The number of anilines is 1. The molecule has 1 aromatic carbocycles. The summed E-state index contributed by atoms with van der Waals surface area (Å²) in [6, 6.07) is 8.21. The van der Waals surface area contributed by atoms with Gasteiger partial charge in [0.25, 0.3) is 0 Å². The number of nitriles is 1. The van der Waals surface area contributed by atoms with E-state index >= 15 is 0 Å². The highest BCUT2D eigenvalue weighted by Crippen LogP contribution is 2.31. The molecule has 1 aliphatic heterocycles. The molecule has 0 aromatic heterocycles. The van der Waals surface area contributed by atoms with Crippen molar-refractivity contribution in [2.24, 2.45) is 5.41 Å². The molecule has 3 heteroatoms. The Bertz CT molecular complexity index is 479. The lowest BCUT2D eigenvalue weighted by atomic mass is 9.80. The third-order valence-corrected chi connectivity index (χ3v) is 4.20. The summed E-state index contributed by atoms with van der Waals surface area (Å²) >= 11 is 0. The fraction of sp³-hybridized carbons (Fsp3) is 0.562. The number of likely N-dealkylation sites (tertiary alicyclic amines) is 1. The van der Waals surface area contributed by atoms with Gasteiger partial charge in [-0.1, -0.05) is 13.0 Å². The van der Waals surface area contributed by atoms with E-state index in [4.69, 9.17) is 5.26 Å². The second-order valence-electron chi connectivity index (χ2n) is 6.13. The molecule has 0 radical (unpaired) electrons. The molecule has 1 heterocycles. The minimum Gasteiger partial charge on any atom is -0.383 e. The molecular formula is C16H23N3. The molecule has 0 saturated carbocycles. The van der Waals surface area contributed by atoms with E-state index in [-0.39, 0.29) is 0 Å². The van der Waals surface area contributed by atoms with Gasteiger partial charge < -0.3 is 10.2 Å². The van der Waals surface area contributed by atoms with Gasteiger partial charge in [-0.3, -0.25) is 0 Å². The van der Waals surface area contributed by atoms with Gasteiger partial charge in [-0.2, -0.15) is 5.26 Å². The van der Waals surface area contributed by atoms with Crippen LogP contribution in [-0.2, 0) is 0 Å². The van der Waals surface area contributed by atoms with Crippen LogP contribution in [0.4, 0.5) is 5.69 Å². The summed E-state index contributed by atoms with van der Waals surface area (Å²) in [6.07, 6.45) is 2.43. The van der Waals surface area contributed by atoms with Gasteiger partial charge in [-0.05, 0) is 63.0 Å². The molecule has 2 rings (SSSR count). The highest BCUT2D eigenvalue weighted by atomic mass is 15.1. The molecule has 1 saturated heterocycles. The van der Waals surface area contributed by atoms with E-state index in [0.717, 1.165) is 30.9 Å². The van der Waals surface area contributed by atoms with E-state index in [1.54, 1.807) is 0 Å². The minimum absolute atomic E-state index is 0.336. The Morgan fingerprint density at radius 2 is 2.05 bits per heavy atom. The van der Waals surface area contributed by atoms with Crippen molar-refractivity contribution in [2.45, 2.75) is 26.7 Å². The van der Waals surface area contributed by atoms with Gasteiger partial charge in [0.15, 0.2) is 0 Å². The Labute approximate surface area is 116 Å². The number of nitrogens with zero attached hydrogens (tertiary/aromatic N) is 2. The van der Waals surface area contributed by atoms with Crippen LogP contribution in [0, 0.1) is 23.7 Å². The third kappa shape index (κ3) is 3.48. The van der Waals surface area contributed by atoms with Crippen molar-refractivity contribution in [2.75, 3.05) is 32.0 Å². The summed E-state index contributed by atoms with van der Waals surface area (Å²) in [4.78, 5) is 2.38. The van der Waals surface area contributed by atoms with Crippen molar-refractivity contribution in [1.82, 2.24) is 4.90 Å². The second-order valence-corrected chi connectivity index (χ2v) is 6.13. The van der Waals surface area contributed by atoms with Crippen LogP contribution in [0.1, 0.15) is 30.9 Å². The number of nitrogens with one attached hydrogen (secondary N) is 1. The van der Waals surface area contributed by atoms with Gasteiger partial charge in [0.2, 0.25) is 0 Å². The average molecular weight is 257 g/mol. The first-order valence-corrected chi connectivity index (χ1v) is 6.96. The van der Waals surface area contributed by atoms with Gasteiger partial charge in [-0.15, -0.1) is 0 Å². The van der Waals surface area contributed by atoms with E-state index in [1.807, 2.05) is 12.1 Å². The van der Waals surface area contributed by atoms with Crippen molar-refractivity contribution in [3.63, 3.8) is 0 Å². The third-order valence-electron chi connectivity index (χ3n) is 4.20. The fourth-order valence-electron chi connectivity index (χ4n) is 2.55. The predicted molar refractivity (Wildman–Crippen MR) is 79.2 cm³/mol. The summed E-state index contributed by atoms with van der Waals surface area (Å²) in [7, 11) is 2.18. The molecule has 0 spiro atoms. The number of piperidine rings is 1. The normalized spacial score (nSPS) is 18.8. The van der Waals surface area contributed by atoms with Crippen LogP contribution in [0.3, 0.4) is 0 Å². The zero-order chi connectivity index (χ0) is 13.9. The Kier molecular flexibility index (Phi) is 4.11. The Morgan fingerprint density at radius 1 is 1.37 bits per heavy atom. The first-order chi connectivity index (χ1) is 9.02. The highest BCUT2D eigenvalue weighted by Gasteiger charge is 2.28. The van der Waals surface area contributed by atoms with E-state index in [9.17, 15) is 0 Å². The van der Waals surface area contributed by atoms with Crippen LogP contribution in [0.15, 0.2) is 18.2 Å². The van der Waals surface area contributed by atoms with Gasteiger partial charge in [0.1, 0.15) is 6.07 Å². The first-order valence-electron chi connectivity index (χ1n) is 6.96. The minimum atomic E-state index is 0.336. The number of benzene rings is 1. The van der Waals surface area contributed by atoms with Gasteiger partial charge in [0.05, 0.1) is 11.3 Å². The smallest absolute Gasteiger partial charge is 0.101 e. The number of hydrogen-bond acceptors (Lipinski definition) is 3. The Morgan fingerprint density at radius 3 is 2.68 bits per heavy atom. The van der Waals surface area contributed by atoms with Crippen LogP contribution in [0.5, 0.6) is 0 Å². The first kappa shape index (κ1) is 13.9.